The van der Waals surface area contributed by atoms with Crippen LogP contribution in [0.3, 0.4) is 0 Å². The van der Waals surface area contributed by atoms with E-state index in [1.807, 2.05) is 0 Å². The van der Waals surface area contributed by atoms with E-state index in [1.165, 1.54) is 23.4 Å². The van der Waals surface area contributed by atoms with Crippen molar-refractivity contribution in [3.05, 3.63) is 54.1 Å². The number of nitrogens with zero attached hydrogens (tertiary/aromatic N) is 2. The second-order valence-electron chi connectivity index (χ2n) is 6.67. The molecule has 3 rings (SSSR count). The minimum atomic E-state index is -3.53. The number of sulfonamides is 1. The summed E-state index contributed by atoms with van der Waals surface area (Å²) in [5.74, 6) is -0.133. The number of nitrogens with one attached hydrogen (secondary N) is 3. The highest BCUT2D eigenvalue weighted by molar-refractivity contribution is 7.89. The molecular weight excluding hydrogens is 438 g/mol. The maximum atomic E-state index is 12.6. The Kier molecular flexibility index (Phi) is 7.69. The molecule has 0 unspecified atom stereocenters. The summed E-state index contributed by atoms with van der Waals surface area (Å²) in [6.45, 7) is 2.95. The minimum Gasteiger partial charge on any atom is -0.379 e. The van der Waals surface area contributed by atoms with Crippen molar-refractivity contribution in [3.8, 4) is 0 Å². The molecule has 0 aliphatic carbocycles. The molecule has 1 heterocycles. The number of ether oxygens (including phenoxy) is 1. The van der Waals surface area contributed by atoms with Crippen LogP contribution in [0, 0.1) is 0 Å². The normalized spacial score (nSPS) is 14.9. The smallest absolute Gasteiger partial charge is 0.243 e. The van der Waals surface area contributed by atoms with Gasteiger partial charge in [-0.1, -0.05) is 12.1 Å². The molecule has 31 heavy (non-hydrogen) atoms. The topological polar surface area (TPSA) is 112 Å². The number of anilines is 2. The van der Waals surface area contributed by atoms with Crippen LogP contribution in [0.2, 0.25) is 0 Å². The maximum absolute atomic E-state index is 12.6. The number of benzene rings is 2. The summed E-state index contributed by atoms with van der Waals surface area (Å²) in [5.41, 5.74) is 4.86. The molecule has 164 valence electrons. The lowest BCUT2D eigenvalue weighted by atomic mass is 10.2. The molecule has 0 spiro atoms. The highest BCUT2D eigenvalue weighted by Gasteiger charge is 2.26. The molecule has 1 amide bonds. The van der Waals surface area contributed by atoms with Gasteiger partial charge in [0.1, 0.15) is 0 Å². The molecule has 1 aliphatic heterocycles. The summed E-state index contributed by atoms with van der Waals surface area (Å²) in [4.78, 5) is 11.3. The predicted molar refractivity (Wildman–Crippen MR) is 124 cm³/mol. The molecule has 0 aromatic heterocycles. The zero-order chi connectivity index (χ0) is 22.3. The molecule has 1 fully saturated rings. The Hall–Kier alpha value is -2.86. The maximum Gasteiger partial charge on any atom is 0.243 e. The molecule has 0 atom stereocenters. The van der Waals surface area contributed by atoms with Crippen LogP contribution in [-0.2, 0) is 19.6 Å². The van der Waals surface area contributed by atoms with Crippen LogP contribution in [0.15, 0.2) is 58.5 Å². The van der Waals surface area contributed by atoms with Crippen LogP contribution >= 0.6 is 12.2 Å². The van der Waals surface area contributed by atoms with Crippen molar-refractivity contribution in [1.82, 2.24) is 9.73 Å². The third kappa shape index (κ3) is 6.56. The Balaban J connectivity index is 1.52. The Bertz CT molecular complexity index is 1050. The molecule has 2 aromatic carbocycles. The van der Waals surface area contributed by atoms with E-state index >= 15 is 0 Å². The minimum absolute atomic E-state index is 0.133. The van der Waals surface area contributed by atoms with Gasteiger partial charge in [-0.25, -0.2) is 8.42 Å². The van der Waals surface area contributed by atoms with E-state index in [0.717, 1.165) is 5.56 Å². The first kappa shape index (κ1) is 22.8. The van der Waals surface area contributed by atoms with Gasteiger partial charge in [-0.2, -0.15) is 9.41 Å². The van der Waals surface area contributed by atoms with Crippen LogP contribution in [0.25, 0.3) is 0 Å². The third-order valence-corrected chi connectivity index (χ3v) is 6.44. The van der Waals surface area contributed by atoms with Gasteiger partial charge < -0.3 is 15.4 Å². The van der Waals surface area contributed by atoms with E-state index in [4.69, 9.17) is 17.0 Å². The number of hydrazone groups is 1. The van der Waals surface area contributed by atoms with Crippen LogP contribution in [-0.4, -0.2) is 56.3 Å². The lowest BCUT2D eigenvalue weighted by Gasteiger charge is -2.26. The van der Waals surface area contributed by atoms with E-state index < -0.39 is 10.0 Å². The Morgan fingerprint density at radius 2 is 1.61 bits per heavy atom. The first-order valence-electron chi connectivity index (χ1n) is 9.50. The Morgan fingerprint density at radius 1 is 1.03 bits per heavy atom. The Labute approximate surface area is 186 Å². The Morgan fingerprint density at radius 3 is 2.23 bits per heavy atom. The first-order valence-corrected chi connectivity index (χ1v) is 11.3. The van der Waals surface area contributed by atoms with Gasteiger partial charge in [0.2, 0.25) is 15.9 Å². The van der Waals surface area contributed by atoms with Crippen LogP contribution < -0.4 is 16.1 Å². The van der Waals surface area contributed by atoms with Gasteiger partial charge >= 0.3 is 0 Å². The van der Waals surface area contributed by atoms with Crippen molar-refractivity contribution in [2.24, 2.45) is 5.10 Å². The average molecular weight is 462 g/mol. The number of morpholine rings is 1. The number of rotatable bonds is 6. The molecular formula is C20H23N5O4S2. The SMILES string of the molecule is CC(=O)Nc1ccc(C=NNC(=S)Nc2ccc(S(=O)(=O)N3CCOCC3)cc2)cc1. The summed E-state index contributed by atoms with van der Waals surface area (Å²) >= 11 is 5.20. The molecule has 11 heteroatoms. The summed E-state index contributed by atoms with van der Waals surface area (Å²) in [6.07, 6.45) is 1.59. The fraction of sp³-hybridized carbons (Fsp3) is 0.250. The molecule has 0 bridgehead atoms. The van der Waals surface area contributed by atoms with E-state index in [0.29, 0.717) is 37.7 Å². The van der Waals surface area contributed by atoms with Gasteiger partial charge in [0.25, 0.3) is 0 Å². The van der Waals surface area contributed by atoms with Crippen molar-refractivity contribution in [1.29, 1.82) is 0 Å². The zero-order valence-corrected chi connectivity index (χ0v) is 18.5. The molecule has 0 saturated carbocycles. The lowest BCUT2D eigenvalue weighted by Crippen LogP contribution is -2.40. The van der Waals surface area contributed by atoms with Gasteiger partial charge in [0, 0.05) is 31.4 Å². The number of amides is 1. The monoisotopic (exact) mass is 461 g/mol. The second kappa shape index (κ2) is 10.4. The summed E-state index contributed by atoms with van der Waals surface area (Å²) in [7, 11) is -3.53. The molecule has 1 saturated heterocycles. The average Bonchev–Trinajstić information content (AvgIpc) is 2.75. The standard InChI is InChI=1S/C20H23N5O4S2/c1-15(26)22-17-4-2-16(3-5-17)14-21-24-20(30)23-18-6-8-19(9-7-18)31(27,28)25-10-12-29-13-11-25/h2-9,14H,10-13H2,1H3,(H,22,26)(H2,23,24,30). The number of carbonyl (C=O) groups excluding carboxylic acids is 1. The van der Waals surface area contributed by atoms with Crippen LogP contribution in [0.5, 0.6) is 0 Å². The van der Waals surface area contributed by atoms with Crippen molar-refractivity contribution < 1.29 is 17.9 Å². The van der Waals surface area contributed by atoms with Crippen molar-refractivity contribution >= 4 is 50.9 Å². The number of hydrogen-bond acceptors (Lipinski definition) is 6. The predicted octanol–water partition coefficient (Wildman–Crippen LogP) is 1.99. The van der Waals surface area contributed by atoms with Crippen molar-refractivity contribution in [2.75, 3.05) is 36.9 Å². The van der Waals surface area contributed by atoms with Gasteiger partial charge in [-0.15, -0.1) is 0 Å². The summed E-state index contributed by atoms with van der Waals surface area (Å²) < 4.78 is 31.9. The molecule has 2 aromatic rings. The van der Waals surface area contributed by atoms with Crippen LogP contribution in [0.4, 0.5) is 11.4 Å². The van der Waals surface area contributed by atoms with Crippen LogP contribution in [0.1, 0.15) is 12.5 Å². The molecule has 3 N–H and O–H groups in total. The quantitative estimate of drug-likeness (QED) is 0.343. The first-order chi connectivity index (χ1) is 14.8. The lowest BCUT2D eigenvalue weighted by molar-refractivity contribution is -0.114. The zero-order valence-electron chi connectivity index (χ0n) is 16.9. The molecule has 0 radical (unpaired) electrons. The number of thiocarbonyl (C=S) groups is 1. The van der Waals surface area contributed by atoms with E-state index in [2.05, 4.69) is 21.2 Å². The van der Waals surface area contributed by atoms with E-state index in [1.54, 1.807) is 42.6 Å². The van der Waals surface area contributed by atoms with Gasteiger partial charge in [-0.05, 0) is 54.2 Å². The van der Waals surface area contributed by atoms with E-state index in [-0.39, 0.29) is 15.9 Å². The van der Waals surface area contributed by atoms with E-state index in [9.17, 15) is 13.2 Å². The highest BCUT2D eigenvalue weighted by atomic mass is 32.2. The second-order valence-corrected chi connectivity index (χ2v) is 9.01. The fourth-order valence-electron chi connectivity index (χ4n) is 2.83. The summed E-state index contributed by atoms with van der Waals surface area (Å²) in [6, 6.07) is 13.5. The largest absolute Gasteiger partial charge is 0.379 e. The molecule has 9 nitrogen and oxygen atoms in total. The van der Waals surface area contributed by atoms with Gasteiger partial charge in [-0.3, -0.25) is 10.2 Å². The summed E-state index contributed by atoms with van der Waals surface area (Å²) in [5, 5.41) is 9.96. The van der Waals surface area contributed by atoms with Crippen molar-refractivity contribution in [2.45, 2.75) is 11.8 Å². The van der Waals surface area contributed by atoms with Gasteiger partial charge in [0.05, 0.1) is 24.3 Å². The number of hydrogen-bond donors (Lipinski definition) is 3. The number of carbonyl (C=O) groups is 1. The fourth-order valence-corrected chi connectivity index (χ4v) is 4.41. The van der Waals surface area contributed by atoms with Crippen molar-refractivity contribution in [3.63, 3.8) is 0 Å². The molecule has 1 aliphatic rings. The third-order valence-electron chi connectivity index (χ3n) is 4.33. The van der Waals surface area contributed by atoms with Gasteiger partial charge in [0.15, 0.2) is 5.11 Å². The highest BCUT2D eigenvalue weighted by Crippen LogP contribution is 2.19.